The molecular formula is C20H29N5O3S. The van der Waals surface area contributed by atoms with Gasteiger partial charge in [0.05, 0.1) is 11.3 Å². The molecule has 0 bridgehead atoms. The fraction of sp³-hybridized carbons (Fsp3) is 0.600. The molecule has 2 aliphatic rings. The lowest BCUT2D eigenvalue weighted by atomic mass is 10.1. The van der Waals surface area contributed by atoms with Crippen LogP contribution in [0.5, 0.6) is 0 Å². The second kappa shape index (κ2) is 8.04. The molecule has 3 unspecified atom stereocenters. The Balaban J connectivity index is 1.42. The van der Waals surface area contributed by atoms with Crippen LogP contribution in [0.2, 0.25) is 0 Å². The van der Waals surface area contributed by atoms with Crippen LogP contribution in [-0.4, -0.2) is 60.4 Å². The Morgan fingerprint density at radius 2 is 2.10 bits per heavy atom. The van der Waals surface area contributed by atoms with Gasteiger partial charge in [0.1, 0.15) is 0 Å². The Morgan fingerprint density at radius 3 is 2.79 bits per heavy atom. The number of rotatable bonds is 5. The summed E-state index contributed by atoms with van der Waals surface area (Å²) in [5.41, 5.74) is 2.36. The summed E-state index contributed by atoms with van der Waals surface area (Å²) < 4.78 is 33.8. The molecule has 1 aromatic carbocycles. The maximum atomic E-state index is 13.3. The van der Waals surface area contributed by atoms with E-state index in [0.717, 1.165) is 5.69 Å². The van der Waals surface area contributed by atoms with E-state index in [9.17, 15) is 8.42 Å². The summed E-state index contributed by atoms with van der Waals surface area (Å²) in [6, 6.07) is 8.29. The molecule has 0 saturated carbocycles. The summed E-state index contributed by atoms with van der Waals surface area (Å²) >= 11 is 0. The Kier molecular flexibility index (Phi) is 5.63. The quantitative estimate of drug-likeness (QED) is 0.791. The molecule has 158 valence electrons. The summed E-state index contributed by atoms with van der Waals surface area (Å²) in [5.74, 6) is 1.06. The molecular weight excluding hydrogens is 390 g/mol. The van der Waals surface area contributed by atoms with Crippen molar-refractivity contribution in [3.8, 4) is 0 Å². The summed E-state index contributed by atoms with van der Waals surface area (Å²) in [6.07, 6.45) is 1.13. The van der Waals surface area contributed by atoms with Gasteiger partial charge in [-0.05, 0) is 38.0 Å². The number of nitrogens with one attached hydrogen (secondary N) is 1. The molecule has 1 N–H and O–H groups in total. The van der Waals surface area contributed by atoms with E-state index in [-0.39, 0.29) is 12.1 Å². The average Bonchev–Trinajstić information content (AvgIpc) is 3.37. The standard InChI is InChI=1S/C20H29N5O3S/c1-4-19-22-23-20(28-19)18-11-17(12-21-18)29(26,27)24-8-9-25(15(3)13-24)16-7-5-6-14(2)10-16/h5-7,10,15,17-18,21H,4,8-9,11-13H2,1-3H3. The van der Waals surface area contributed by atoms with E-state index in [0.29, 0.717) is 50.8 Å². The van der Waals surface area contributed by atoms with Gasteiger partial charge >= 0.3 is 0 Å². The SMILES string of the molecule is CCc1nnc(C2CC(S(=O)(=O)N3CCN(c4cccc(C)c4)C(C)C3)CN2)o1. The second-order valence-corrected chi connectivity index (χ2v) is 10.2. The molecule has 2 fully saturated rings. The van der Waals surface area contributed by atoms with Crippen molar-refractivity contribution in [2.45, 2.75) is 50.9 Å². The molecule has 4 rings (SSSR count). The first-order valence-electron chi connectivity index (χ1n) is 10.3. The fourth-order valence-corrected chi connectivity index (χ4v) is 6.15. The minimum atomic E-state index is -3.39. The van der Waals surface area contributed by atoms with Crippen LogP contribution in [-0.2, 0) is 16.4 Å². The maximum Gasteiger partial charge on any atom is 0.233 e. The Labute approximate surface area is 172 Å². The lowest BCUT2D eigenvalue weighted by Crippen LogP contribution is -2.55. The molecule has 3 heterocycles. The third-order valence-electron chi connectivity index (χ3n) is 5.88. The lowest BCUT2D eigenvalue weighted by Gasteiger charge is -2.41. The maximum absolute atomic E-state index is 13.3. The predicted octanol–water partition coefficient (Wildman–Crippen LogP) is 1.88. The summed E-state index contributed by atoms with van der Waals surface area (Å²) in [5, 5.41) is 10.8. The van der Waals surface area contributed by atoms with Crippen LogP contribution >= 0.6 is 0 Å². The lowest BCUT2D eigenvalue weighted by molar-refractivity contribution is 0.338. The van der Waals surface area contributed by atoms with Gasteiger partial charge in [-0.25, -0.2) is 8.42 Å². The number of nitrogens with zero attached hydrogens (tertiary/aromatic N) is 4. The van der Waals surface area contributed by atoms with Crippen LogP contribution in [0.25, 0.3) is 0 Å². The van der Waals surface area contributed by atoms with Gasteiger partial charge in [0, 0.05) is 44.3 Å². The van der Waals surface area contributed by atoms with Crippen molar-refractivity contribution in [1.82, 2.24) is 19.8 Å². The number of piperazine rings is 1. The van der Waals surface area contributed by atoms with Gasteiger partial charge in [0.2, 0.25) is 21.8 Å². The number of sulfonamides is 1. The van der Waals surface area contributed by atoms with Crippen LogP contribution in [0, 0.1) is 6.92 Å². The first-order valence-corrected chi connectivity index (χ1v) is 11.8. The molecule has 2 aromatic rings. The van der Waals surface area contributed by atoms with Crippen molar-refractivity contribution in [2.24, 2.45) is 0 Å². The largest absolute Gasteiger partial charge is 0.424 e. The van der Waals surface area contributed by atoms with Crippen molar-refractivity contribution < 1.29 is 12.8 Å². The molecule has 29 heavy (non-hydrogen) atoms. The van der Waals surface area contributed by atoms with E-state index < -0.39 is 15.3 Å². The minimum absolute atomic E-state index is 0.119. The van der Waals surface area contributed by atoms with Gasteiger partial charge in [-0.2, -0.15) is 4.31 Å². The van der Waals surface area contributed by atoms with Crippen LogP contribution in [0.4, 0.5) is 5.69 Å². The topological polar surface area (TPSA) is 91.6 Å². The van der Waals surface area contributed by atoms with E-state index in [1.165, 1.54) is 5.56 Å². The van der Waals surface area contributed by atoms with E-state index in [1.54, 1.807) is 4.31 Å². The number of anilines is 1. The van der Waals surface area contributed by atoms with E-state index in [2.05, 4.69) is 52.5 Å². The van der Waals surface area contributed by atoms with Crippen LogP contribution in [0.15, 0.2) is 28.7 Å². The van der Waals surface area contributed by atoms with Crippen molar-refractivity contribution in [1.29, 1.82) is 0 Å². The number of hydrogen-bond donors (Lipinski definition) is 1. The Bertz CT molecular complexity index is 961. The highest BCUT2D eigenvalue weighted by molar-refractivity contribution is 7.89. The van der Waals surface area contributed by atoms with Crippen molar-refractivity contribution in [3.63, 3.8) is 0 Å². The fourth-order valence-electron chi connectivity index (χ4n) is 4.22. The molecule has 1 aromatic heterocycles. The highest BCUT2D eigenvalue weighted by atomic mass is 32.2. The number of benzene rings is 1. The predicted molar refractivity (Wildman–Crippen MR) is 111 cm³/mol. The molecule has 9 heteroatoms. The highest BCUT2D eigenvalue weighted by Gasteiger charge is 2.42. The van der Waals surface area contributed by atoms with Gasteiger partial charge in [-0.15, -0.1) is 10.2 Å². The first-order chi connectivity index (χ1) is 13.9. The van der Waals surface area contributed by atoms with Gasteiger partial charge in [-0.3, -0.25) is 0 Å². The second-order valence-electron chi connectivity index (χ2n) is 7.99. The third-order valence-corrected chi connectivity index (χ3v) is 8.13. The van der Waals surface area contributed by atoms with Crippen LogP contribution in [0.3, 0.4) is 0 Å². The van der Waals surface area contributed by atoms with Crippen LogP contribution < -0.4 is 10.2 Å². The smallest absolute Gasteiger partial charge is 0.233 e. The minimum Gasteiger partial charge on any atom is -0.424 e. The van der Waals surface area contributed by atoms with Gasteiger partial charge in [0.25, 0.3) is 0 Å². The van der Waals surface area contributed by atoms with Crippen molar-refractivity contribution in [2.75, 3.05) is 31.1 Å². The summed E-state index contributed by atoms with van der Waals surface area (Å²) in [6.45, 7) is 8.21. The highest BCUT2D eigenvalue weighted by Crippen LogP contribution is 2.30. The van der Waals surface area contributed by atoms with Crippen LogP contribution in [0.1, 0.15) is 43.7 Å². The third kappa shape index (κ3) is 4.04. The Morgan fingerprint density at radius 1 is 1.28 bits per heavy atom. The number of hydrogen-bond acceptors (Lipinski definition) is 7. The number of aryl methyl sites for hydroxylation is 2. The Hall–Kier alpha value is -1.97. The van der Waals surface area contributed by atoms with E-state index in [4.69, 9.17) is 4.42 Å². The van der Waals surface area contributed by atoms with E-state index >= 15 is 0 Å². The molecule has 3 atom stereocenters. The van der Waals surface area contributed by atoms with Gasteiger partial charge in [-0.1, -0.05) is 19.1 Å². The normalized spacial score (nSPS) is 26.2. The monoisotopic (exact) mass is 419 g/mol. The summed E-state index contributed by atoms with van der Waals surface area (Å²) in [4.78, 5) is 2.29. The molecule has 0 radical (unpaired) electrons. The molecule has 0 amide bonds. The van der Waals surface area contributed by atoms with Crippen molar-refractivity contribution >= 4 is 15.7 Å². The van der Waals surface area contributed by atoms with E-state index in [1.807, 2.05) is 13.0 Å². The zero-order valence-corrected chi connectivity index (χ0v) is 18.0. The zero-order valence-electron chi connectivity index (χ0n) is 17.2. The van der Waals surface area contributed by atoms with Gasteiger partial charge < -0.3 is 14.6 Å². The summed E-state index contributed by atoms with van der Waals surface area (Å²) in [7, 11) is -3.39. The first kappa shape index (κ1) is 20.3. The molecule has 8 nitrogen and oxygen atoms in total. The van der Waals surface area contributed by atoms with Crippen molar-refractivity contribution in [3.05, 3.63) is 41.6 Å². The average molecular weight is 420 g/mol. The zero-order chi connectivity index (χ0) is 20.6. The molecule has 0 aliphatic carbocycles. The van der Waals surface area contributed by atoms with Gasteiger partial charge in [0.15, 0.2) is 0 Å². The molecule has 2 saturated heterocycles. The molecule has 0 spiro atoms. The number of aromatic nitrogens is 2. The molecule has 2 aliphatic heterocycles.